The molecule has 7 nitrogen and oxygen atoms in total. The fourth-order valence-electron chi connectivity index (χ4n) is 4.06. The number of nitrogens with zero attached hydrogens (tertiary/aromatic N) is 3. The lowest BCUT2D eigenvalue weighted by atomic mass is 10.1. The van der Waals surface area contributed by atoms with Gasteiger partial charge in [0.1, 0.15) is 5.82 Å². The van der Waals surface area contributed by atoms with E-state index in [2.05, 4.69) is 0 Å². The summed E-state index contributed by atoms with van der Waals surface area (Å²) in [5.74, 6) is -0.624. The lowest BCUT2D eigenvalue weighted by Crippen LogP contribution is -2.49. The Hall–Kier alpha value is -2.36. The quantitative estimate of drug-likeness (QED) is 0.668. The van der Waals surface area contributed by atoms with Crippen LogP contribution in [0.15, 0.2) is 41.3 Å². The number of halogens is 2. The first kappa shape index (κ1) is 22.8. The number of morpholine rings is 1. The van der Waals surface area contributed by atoms with Gasteiger partial charge in [0.2, 0.25) is 0 Å². The lowest BCUT2D eigenvalue weighted by Gasteiger charge is -2.37. The third kappa shape index (κ3) is 4.84. The predicted octanol–water partition coefficient (Wildman–Crippen LogP) is 2.68. The zero-order valence-electron chi connectivity index (χ0n) is 17.8. The number of ether oxygens (including phenoxy) is 1. The first-order valence-corrected chi connectivity index (χ1v) is 12.7. The molecule has 0 radical (unpaired) electrons. The molecular formula is C22H25ClFN3O4S. The van der Waals surface area contributed by atoms with Crippen molar-refractivity contribution in [2.75, 3.05) is 68.5 Å². The SMILES string of the molecule is CS(=O)(=O)c1ccc(N2CCOCC2)c(C(=O)N2CCN(c3ccc(Cl)cc3F)CC2)c1. The zero-order chi connectivity index (χ0) is 22.9. The monoisotopic (exact) mass is 481 g/mol. The van der Waals surface area contributed by atoms with Crippen molar-refractivity contribution in [3.05, 3.63) is 52.8 Å². The molecule has 172 valence electrons. The van der Waals surface area contributed by atoms with Gasteiger partial charge in [-0.1, -0.05) is 11.6 Å². The summed E-state index contributed by atoms with van der Waals surface area (Å²) < 4.78 is 43.9. The number of benzene rings is 2. The van der Waals surface area contributed by atoms with Crippen LogP contribution in [0.5, 0.6) is 0 Å². The molecular weight excluding hydrogens is 457 g/mol. The van der Waals surface area contributed by atoms with Gasteiger partial charge in [0.15, 0.2) is 9.84 Å². The van der Waals surface area contributed by atoms with Gasteiger partial charge in [-0.15, -0.1) is 0 Å². The maximum Gasteiger partial charge on any atom is 0.256 e. The highest BCUT2D eigenvalue weighted by atomic mass is 35.5. The molecule has 2 heterocycles. The van der Waals surface area contributed by atoms with E-state index in [1.165, 1.54) is 18.2 Å². The average Bonchev–Trinajstić information content (AvgIpc) is 2.78. The molecule has 0 saturated carbocycles. The van der Waals surface area contributed by atoms with Crippen LogP contribution in [0.25, 0.3) is 0 Å². The molecule has 10 heteroatoms. The molecule has 1 amide bonds. The van der Waals surface area contributed by atoms with Crippen LogP contribution < -0.4 is 9.80 Å². The van der Waals surface area contributed by atoms with Gasteiger partial charge in [0.25, 0.3) is 5.91 Å². The van der Waals surface area contributed by atoms with Crippen LogP contribution in [0.2, 0.25) is 5.02 Å². The summed E-state index contributed by atoms with van der Waals surface area (Å²) in [5, 5.41) is 0.335. The number of hydrogen-bond donors (Lipinski definition) is 0. The molecule has 0 spiro atoms. The Morgan fingerprint density at radius 1 is 0.938 bits per heavy atom. The second kappa shape index (κ2) is 9.25. The van der Waals surface area contributed by atoms with Gasteiger partial charge in [-0.05, 0) is 36.4 Å². The van der Waals surface area contributed by atoms with E-state index >= 15 is 0 Å². The average molecular weight is 482 g/mol. The number of piperazine rings is 1. The minimum absolute atomic E-state index is 0.111. The van der Waals surface area contributed by atoms with Crippen molar-refractivity contribution in [1.29, 1.82) is 0 Å². The molecule has 2 aromatic rings. The normalized spacial score (nSPS) is 17.5. The van der Waals surface area contributed by atoms with Crippen LogP contribution in [0.1, 0.15) is 10.4 Å². The first-order chi connectivity index (χ1) is 15.2. The van der Waals surface area contributed by atoms with Gasteiger partial charge in [-0.2, -0.15) is 0 Å². The highest BCUT2D eigenvalue weighted by Crippen LogP contribution is 2.28. The number of carbonyl (C=O) groups is 1. The Labute approximate surface area is 192 Å². The van der Waals surface area contributed by atoms with Gasteiger partial charge in [-0.25, -0.2) is 12.8 Å². The smallest absolute Gasteiger partial charge is 0.256 e. The Bertz CT molecular complexity index is 1110. The molecule has 2 aliphatic heterocycles. The summed E-state index contributed by atoms with van der Waals surface area (Å²) in [5.41, 5.74) is 1.52. The molecule has 0 aliphatic carbocycles. The molecule has 0 unspecified atom stereocenters. The summed E-state index contributed by atoms with van der Waals surface area (Å²) >= 11 is 5.85. The maximum atomic E-state index is 14.3. The number of hydrogen-bond acceptors (Lipinski definition) is 6. The van der Waals surface area contributed by atoms with Crippen molar-refractivity contribution in [2.45, 2.75) is 4.90 Å². The van der Waals surface area contributed by atoms with Crippen molar-refractivity contribution in [2.24, 2.45) is 0 Å². The van der Waals surface area contributed by atoms with Gasteiger partial charge >= 0.3 is 0 Å². The summed E-state index contributed by atoms with van der Waals surface area (Å²) in [7, 11) is -3.46. The second-order valence-electron chi connectivity index (χ2n) is 7.93. The minimum atomic E-state index is -3.46. The summed E-state index contributed by atoms with van der Waals surface area (Å²) in [4.78, 5) is 19.2. The van der Waals surface area contributed by atoms with Gasteiger partial charge in [-0.3, -0.25) is 4.79 Å². The number of carbonyl (C=O) groups excluding carboxylic acids is 1. The molecule has 4 rings (SSSR count). The summed E-state index contributed by atoms with van der Waals surface area (Å²) in [6, 6.07) is 9.27. The summed E-state index contributed by atoms with van der Waals surface area (Å²) in [6.45, 7) is 4.06. The second-order valence-corrected chi connectivity index (χ2v) is 10.4. The highest BCUT2D eigenvalue weighted by molar-refractivity contribution is 7.90. The zero-order valence-corrected chi connectivity index (χ0v) is 19.3. The Morgan fingerprint density at radius 2 is 1.56 bits per heavy atom. The number of sulfone groups is 1. The predicted molar refractivity (Wildman–Crippen MR) is 122 cm³/mol. The van der Waals surface area contributed by atoms with Crippen molar-refractivity contribution < 1.29 is 22.3 Å². The maximum absolute atomic E-state index is 14.3. The van der Waals surface area contributed by atoms with Crippen LogP contribution in [0.3, 0.4) is 0 Å². The van der Waals surface area contributed by atoms with Crippen LogP contribution in [0, 0.1) is 5.82 Å². The lowest BCUT2D eigenvalue weighted by molar-refractivity contribution is 0.0745. The van der Waals surface area contributed by atoms with Gasteiger partial charge < -0.3 is 19.4 Å². The fourth-order valence-corrected chi connectivity index (χ4v) is 4.86. The number of amides is 1. The van der Waals surface area contributed by atoms with Crippen molar-refractivity contribution in [3.8, 4) is 0 Å². The number of rotatable bonds is 4. The molecule has 32 heavy (non-hydrogen) atoms. The standard InChI is InChI=1S/C22H25ClFN3O4S/c1-32(29,30)17-3-5-20(26-10-12-31-13-11-26)18(15-17)22(28)27-8-6-25(7-9-27)21-4-2-16(23)14-19(21)24/h2-5,14-15H,6-13H2,1H3. The van der Waals surface area contributed by atoms with Crippen LogP contribution in [-0.4, -0.2) is 78.0 Å². The third-order valence-corrected chi connectivity index (χ3v) is 7.14. The van der Waals surface area contributed by atoms with E-state index in [-0.39, 0.29) is 10.8 Å². The van der Waals surface area contributed by atoms with Gasteiger partial charge in [0.05, 0.1) is 29.4 Å². The molecule has 2 aromatic carbocycles. The van der Waals surface area contributed by atoms with Crippen molar-refractivity contribution in [1.82, 2.24) is 4.90 Å². The fraction of sp³-hybridized carbons (Fsp3) is 0.409. The van der Waals surface area contributed by atoms with E-state index in [1.54, 1.807) is 23.1 Å². The first-order valence-electron chi connectivity index (χ1n) is 10.4. The van der Waals surface area contributed by atoms with Crippen molar-refractivity contribution in [3.63, 3.8) is 0 Å². The van der Waals surface area contributed by atoms with E-state index in [4.69, 9.17) is 16.3 Å². The Balaban J connectivity index is 1.57. The molecule has 0 N–H and O–H groups in total. The topological polar surface area (TPSA) is 70.2 Å². The molecule has 0 bridgehead atoms. The van der Waals surface area contributed by atoms with Crippen molar-refractivity contribution >= 4 is 38.7 Å². The van der Waals surface area contributed by atoms with E-state index in [1.807, 2.05) is 9.80 Å². The molecule has 2 fully saturated rings. The highest BCUT2D eigenvalue weighted by Gasteiger charge is 2.28. The van der Waals surface area contributed by atoms with Crippen LogP contribution in [0.4, 0.5) is 15.8 Å². The molecule has 2 saturated heterocycles. The van der Waals surface area contributed by atoms with E-state index < -0.39 is 15.7 Å². The Morgan fingerprint density at radius 3 is 2.19 bits per heavy atom. The van der Waals surface area contributed by atoms with E-state index in [9.17, 15) is 17.6 Å². The minimum Gasteiger partial charge on any atom is -0.378 e. The summed E-state index contributed by atoms with van der Waals surface area (Å²) in [6.07, 6.45) is 1.13. The van der Waals surface area contributed by atoms with Gasteiger partial charge in [0, 0.05) is 56.2 Å². The molecule has 2 aliphatic rings. The van der Waals surface area contributed by atoms with E-state index in [0.717, 1.165) is 6.26 Å². The Kier molecular flexibility index (Phi) is 6.60. The number of anilines is 2. The molecule has 0 aromatic heterocycles. The van der Waals surface area contributed by atoms with Crippen LogP contribution >= 0.6 is 11.6 Å². The molecule has 0 atom stereocenters. The third-order valence-electron chi connectivity index (χ3n) is 5.80. The largest absolute Gasteiger partial charge is 0.378 e. The van der Waals surface area contributed by atoms with Crippen LogP contribution in [-0.2, 0) is 14.6 Å². The van der Waals surface area contributed by atoms with E-state index in [0.29, 0.717) is 74.4 Å².